The number of amides is 2. The Morgan fingerprint density at radius 3 is 2.47 bits per heavy atom. The van der Waals surface area contributed by atoms with Gasteiger partial charge in [0, 0.05) is 18.2 Å². The molecule has 1 atom stereocenters. The van der Waals surface area contributed by atoms with Gasteiger partial charge >= 0.3 is 6.18 Å². The Hall–Kier alpha value is -3.93. The van der Waals surface area contributed by atoms with E-state index in [0.29, 0.717) is 10.7 Å². The van der Waals surface area contributed by atoms with Crippen LogP contribution in [0.25, 0.3) is 5.69 Å². The number of halogens is 4. The number of nitro groups is 1. The van der Waals surface area contributed by atoms with Crippen LogP contribution in [-0.4, -0.2) is 32.6 Å². The van der Waals surface area contributed by atoms with E-state index in [-0.39, 0.29) is 28.2 Å². The predicted molar refractivity (Wildman–Crippen MR) is 124 cm³/mol. The highest BCUT2D eigenvalue weighted by Crippen LogP contribution is 2.35. The number of nitro benzene ring substituents is 1. The maximum atomic E-state index is 13.4. The summed E-state index contributed by atoms with van der Waals surface area (Å²) in [6, 6.07) is 9.73. The van der Waals surface area contributed by atoms with Gasteiger partial charge in [-0.05, 0) is 43.9 Å². The number of carbonyl (C=O) groups excluding carboxylic acids is 2. The van der Waals surface area contributed by atoms with Crippen LogP contribution in [0.4, 0.5) is 24.5 Å². The van der Waals surface area contributed by atoms with E-state index < -0.39 is 45.7 Å². The molecule has 9 nitrogen and oxygen atoms in total. The monoisotopic (exact) mass is 521 g/mol. The number of benzene rings is 2. The van der Waals surface area contributed by atoms with E-state index in [2.05, 4.69) is 15.7 Å². The average molecular weight is 522 g/mol. The number of aromatic nitrogens is 2. The molecular formula is C23H19ClF3N5O4. The normalized spacial score (nSPS) is 14.2. The first-order chi connectivity index (χ1) is 17.0. The molecule has 1 unspecified atom stereocenters. The summed E-state index contributed by atoms with van der Waals surface area (Å²) >= 11 is 6.12. The molecule has 1 saturated carbocycles. The fourth-order valence-electron chi connectivity index (χ4n) is 3.68. The number of hydrogen-bond donors (Lipinski definition) is 2. The SMILES string of the molecule is CC(NC(=O)c1cccc([N+](=O)[O-])c1NC(=O)c1cc(C(F)(F)F)nn1-c1ccccc1Cl)C1CC1. The highest BCUT2D eigenvalue weighted by molar-refractivity contribution is 6.32. The number of alkyl halides is 3. The van der Waals surface area contributed by atoms with Gasteiger partial charge < -0.3 is 10.6 Å². The number of hydrogen-bond acceptors (Lipinski definition) is 5. The van der Waals surface area contributed by atoms with Crippen molar-refractivity contribution in [2.24, 2.45) is 5.92 Å². The van der Waals surface area contributed by atoms with Crippen LogP contribution < -0.4 is 10.6 Å². The first-order valence-electron chi connectivity index (χ1n) is 10.8. The molecule has 0 bridgehead atoms. The van der Waals surface area contributed by atoms with E-state index in [0.717, 1.165) is 18.9 Å². The zero-order valence-corrected chi connectivity index (χ0v) is 19.4. The van der Waals surface area contributed by atoms with Crippen LogP contribution in [0.3, 0.4) is 0 Å². The molecule has 1 heterocycles. The van der Waals surface area contributed by atoms with Crippen molar-refractivity contribution < 1.29 is 27.7 Å². The van der Waals surface area contributed by atoms with Crippen molar-refractivity contribution >= 4 is 34.8 Å². The van der Waals surface area contributed by atoms with Gasteiger partial charge in [0.25, 0.3) is 17.5 Å². The Bertz CT molecular complexity index is 1350. The minimum absolute atomic E-state index is 0.0152. The molecule has 2 amide bonds. The van der Waals surface area contributed by atoms with Crippen molar-refractivity contribution in [1.82, 2.24) is 15.1 Å². The van der Waals surface area contributed by atoms with E-state index in [1.54, 1.807) is 13.0 Å². The van der Waals surface area contributed by atoms with Crippen molar-refractivity contribution in [1.29, 1.82) is 0 Å². The Kier molecular flexibility index (Phi) is 6.72. The van der Waals surface area contributed by atoms with Gasteiger partial charge in [-0.3, -0.25) is 19.7 Å². The van der Waals surface area contributed by atoms with Crippen LogP contribution in [0.15, 0.2) is 48.5 Å². The number of para-hydroxylation sites is 2. The zero-order valence-electron chi connectivity index (χ0n) is 18.7. The summed E-state index contributed by atoms with van der Waals surface area (Å²) in [6.45, 7) is 1.80. The fourth-order valence-corrected chi connectivity index (χ4v) is 3.89. The lowest BCUT2D eigenvalue weighted by Gasteiger charge is -2.16. The van der Waals surface area contributed by atoms with E-state index in [1.165, 1.54) is 30.3 Å². The smallest absolute Gasteiger partial charge is 0.349 e. The Balaban J connectivity index is 1.76. The third kappa shape index (κ3) is 5.18. The lowest BCUT2D eigenvalue weighted by molar-refractivity contribution is -0.383. The van der Waals surface area contributed by atoms with Crippen molar-refractivity contribution in [2.45, 2.75) is 32.0 Å². The quantitative estimate of drug-likeness (QED) is 0.326. The second-order valence-electron chi connectivity index (χ2n) is 8.29. The van der Waals surface area contributed by atoms with Gasteiger partial charge in [0.2, 0.25) is 0 Å². The van der Waals surface area contributed by atoms with Crippen molar-refractivity contribution in [3.8, 4) is 5.69 Å². The maximum Gasteiger partial charge on any atom is 0.435 e. The summed E-state index contributed by atoms with van der Waals surface area (Å²) in [5.74, 6) is -1.53. The van der Waals surface area contributed by atoms with Crippen molar-refractivity contribution in [2.75, 3.05) is 5.32 Å². The van der Waals surface area contributed by atoms with E-state index in [4.69, 9.17) is 11.6 Å². The summed E-state index contributed by atoms with van der Waals surface area (Å²) in [4.78, 5) is 37.0. The van der Waals surface area contributed by atoms with Gasteiger partial charge in [-0.15, -0.1) is 0 Å². The van der Waals surface area contributed by atoms with Crippen LogP contribution in [0.1, 0.15) is 46.3 Å². The van der Waals surface area contributed by atoms with Gasteiger partial charge in [0.15, 0.2) is 5.69 Å². The average Bonchev–Trinajstić information content (AvgIpc) is 3.56. The Morgan fingerprint density at radius 1 is 1.17 bits per heavy atom. The number of nitrogens with zero attached hydrogens (tertiary/aromatic N) is 3. The van der Waals surface area contributed by atoms with Gasteiger partial charge in [0.1, 0.15) is 11.4 Å². The third-order valence-electron chi connectivity index (χ3n) is 5.72. The molecule has 1 aliphatic carbocycles. The molecule has 2 aromatic carbocycles. The van der Waals surface area contributed by atoms with Crippen LogP contribution in [0.2, 0.25) is 5.02 Å². The standard InChI is InChI=1S/C23H19ClF3N5O4/c1-12(13-9-10-13)28-21(33)14-5-4-8-17(32(35)36)20(14)29-22(34)18-11-19(23(25,26)27)30-31(18)16-7-3-2-6-15(16)24/h2-8,11-13H,9-10H2,1H3,(H,28,33)(H,29,34). The lowest BCUT2D eigenvalue weighted by Crippen LogP contribution is -2.34. The number of anilines is 1. The minimum atomic E-state index is -4.88. The molecule has 1 aromatic heterocycles. The second-order valence-corrected chi connectivity index (χ2v) is 8.69. The van der Waals surface area contributed by atoms with Crippen molar-refractivity contribution in [3.05, 3.63) is 80.6 Å². The minimum Gasteiger partial charge on any atom is -0.349 e. The summed E-state index contributed by atoms with van der Waals surface area (Å²) in [5, 5.41) is 20.2. The highest BCUT2D eigenvalue weighted by Gasteiger charge is 2.37. The first kappa shape index (κ1) is 25.2. The lowest BCUT2D eigenvalue weighted by atomic mass is 10.1. The van der Waals surface area contributed by atoms with E-state index >= 15 is 0 Å². The molecular weight excluding hydrogens is 503 g/mol. The Labute approximate surface area is 207 Å². The van der Waals surface area contributed by atoms with Crippen LogP contribution in [0, 0.1) is 16.0 Å². The van der Waals surface area contributed by atoms with Crippen molar-refractivity contribution in [3.63, 3.8) is 0 Å². The Morgan fingerprint density at radius 2 is 1.86 bits per heavy atom. The van der Waals surface area contributed by atoms with Gasteiger partial charge in [-0.25, -0.2) is 4.68 Å². The molecule has 0 spiro atoms. The molecule has 4 rings (SSSR count). The highest BCUT2D eigenvalue weighted by atomic mass is 35.5. The van der Waals surface area contributed by atoms with E-state index in [1.807, 2.05) is 0 Å². The van der Waals surface area contributed by atoms with Crippen LogP contribution >= 0.6 is 11.6 Å². The third-order valence-corrected chi connectivity index (χ3v) is 6.04. The molecule has 13 heteroatoms. The molecule has 3 aromatic rings. The van der Waals surface area contributed by atoms with Gasteiger partial charge in [-0.1, -0.05) is 29.8 Å². The fraction of sp³-hybridized carbons (Fsp3) is 0.261. The molecule has 1 aliphatic rings. The molecule has 188 valence electrons. The summed E-state index contributed by atoms with van der Waals surface area (Å²) in [5.41, 5.74) is -3.23. The van der Waals surface area contributed by atoms with Gasteiger partial charge in [-0.2, -0.15) is 18.3 Å². The number of rotatable bonds is 7. The molecule has 0 aliphatic heterocycles. The topological polar surface area (TPSA) is 119 Å². The molecule has 36 heavy (non-hydrogen) atoms. The van der Waals surface area contributed by atoms with Gasteiger partial charge in [0.05, 0.1) is 21.2 Å². The van der Waals surface area contributed by atoms with E-state index in [9.17, 15) is 32.9 Å². The number of nitrogens with one attached hydrogen (secondary N) is 2. The van der Waals surface area contributed by atoms with Crippen LogP contribution in [0.5, 0.6) is 0 Å². The second kappa shape index (κ2) is 9.61. The summed E-state index contributed by atoms with van der Waals surface area (Å²) in [6.07, 6.45) is -3.01. The molecule has 2 N–H and O–H groups in total. The molecule has 0 radical (unpaired) electrons. The van der Waals surface area contributed by atoms with Crippen LogP contribution in [-0.2, 0) is 6.18 Å². The predicted octanol–water partition coefficient (Wildman–Crippen LogP) is 5.23. The summed E-state index contributed by atoms with van der Waals surface area (Å²) in [7, 11) is 0. The zero-order chi connectivity index (χ0) is 26.2. The number of carbonyl (C=O) groups is 2. The summed E-state index contributed by atoms with van der Waals surface area (Å²) < 4.78 is 41.0. The first-order valence-corrected chi connectivity index (χ1v) is 11.2. The maximum absolute atomic E-state index is 13.4. The molecule has 0 saturated heterocycles. The molecule has 1 fully saturated rings. The largest absolute Gasteiger partial charge is 0.435 e.